The van der Waals surface area contributed by atoms with Gasteiger partial charge in [0.25, 0.3) is 0 Å². The number of ether oxygens (including phenoxy) is 1. The van der Waals surface area contributed by atoms with Crippen molar-refractivity contribution in [3.63, 3.8) is 0 Å². The van der Waals surface area contributed by atoms with E-state index in [0.29, 0.717) is 11.8 Å². The molecule has 0 radical (unpaired) electrons. The summed E-state index contributed by atoms with van der Waals surface area (Å²) in [5.74, 6) is 0.802. The van der Waals surface area contributed by atoms with E-state index in [2.05, 4.69) is 25.2 Å². The van der Waals surface area contributed by atoms with Crippen LogP contribution in [-0.2, 0) is 9.53 Å². The van der Waals surface area contributed by atoms with Crippen LogP contribution in [0.4, 0.5) is 0 Å². The molecule has 2 atom stereocenters. The highest BCUT2D eigenvalue weighted by atomic mass is 16.5. The third-order valence-corrected chi connectivity index (χ3v) is 3.26. The van der Waals surface area contributed by atoms with Crippen LogP contribution in [0.15, 0.2) is 23.8 Å². The fourth-order valence-electron chi connectivity index (χ4n) is 2.06. The molecule has 2 heteroatoms. The van der Waals surface area contributed by atoms with Crippen LogP contribution in [0.2, 0.25) is 0 Å². The normalized spacial score (nSPS) is 28.9. The minimum Gasteiger partial charge on any atom is -0.466 e. The fourth-order valence-corrected chi connectivity index (χ4v) is 2.06. The Hall–Kier alpha value is -1.05. The largest absolute Gasteiger partial charge is 0.466 e. The lowest BCUT2D eigenvalue weighted by Gasteiger charge is -2.29. The van der Waals surface area contributed by atoms with Crippen LogP contribution < -0.4 is 0 Å². The van der Waals surface area contributed by atoms with Crippen molar-refractivity contribution < 1.29 is 9.53 Å². The second kappa shape index (κ2) is 5.15. The summed E-state index contributed by atoms with van der Waals surface area (Å²) < 4.78 is 4.66. The molecule has 1 rings (SSSR count). The molecule has 0 aromatic heterocycles. The number of rotatable bonds is 2. The summed E-state index contributed by atoms with van der Waals surface area (Å²) in [6.45, 7) is 8.23. The van der Waals surface area contributed by atoms with Gasteiger partial charge < -0.3 is 4.74 Å². The van der Waals surface area contributed by atoms with Crippen LogP contribution in [0.1, 0.15) is 33.1 Å². The highest BCUT2D eigenvalue weighted by molar-refractivity contribution is 5.82. The van der Waals surface area contributed by atoms with Crippen LogP contribution in [0.5, 0.6) is 0 Å². The topological polar surface area (TPSA) is 26.3 Å². The predicted molar refractivity (Wildman–Crippen MR) is 61.4 cm³/mol. The average molecular weight is 208 g/mol. The van der Waals surface area contributed by atoms with Gasteiger partial charge in [0.2, 0.25) is 0 Å². The van der Waals surface area contributed by atoms with Gasteiger partial charge in [-0.05, 0) is 38.0 Å². The number of methoxy groups -OCH3 is 1. The van der Waals surface area contributed by atoms with Gasteiger partial charge >= 0.3 is 5.97 Å². The van der Waals surface area contributed by atoms with Crippen molar-refractivity contribution in [1.82, 2.24) is 0 Å². The highest BCUT2D eigenvalue weighted by Crippen LogP contribution is 2.36. The SMILES string of the molecule is C=C(C)[C@@H]1CC[C@@H](C)/C(=C\C(=O)OC)C1. The van der Waals surface area contributed by atoms with Crippen LogP contribution in [0.25, 0.3) is 0 Å². The maximum absolute atomic E-state index is 11.2. The molecular formula is C13H20O2. The first kappa shape index (κ1) is 12.0. The molecule has 0 aromatic carbocycles. The molecule has 0 bridgehead atoms. The predicted octanol–water partition coefficient (Wildman–Crippen LogP) is 3.10. The molecule has 0 spiro atoms. The highest BCUT2D eigenvalue weighted by Gasteiger charge is 2.23. The monoisotopic (exact) mass is 208 g/mol. The number of hydrogen-bond acceptors (Lipinski definition) is 2. The third kappa shape index (κ3) is 3.22. The van der Waals surface area contributed by atoms with Crippen LogP contribution in [-0.4, -0.2) is 13.1 Å². The van der Waals surface area contributed by atoms with Crippen molar-refractivity contribution in [1.29, 1.82) is 0 Å². The van der Waals surface area contributed by atoms with Crippen LogP contribution in [0.3, 0.4) is 0 Å². The Morgan fingerprint density at radius 2 is 2.20 bits per heavy atom. The van der Waals surface area contributed by atoms with E-state index >= 15 is 0 Å². The van der Waals surface area contributed by atoms with Gasteiger partial charge in [-0.25, -0.2) is 4.79 Å². The van der Waals surface area contributed by atoms with E-state index in [1.807, 2.05) is 0 Å². The third-order valence-electron chi connectivity index (χ3n) is 3.26. The van der Waals surface area contributed by atoms with Crippen molar-refractivity contribution in [2.45, 2.75) is 33.1 Å². The number of carbonyl (C=O) groups excluding carboxylic acids is 1. The Morgan fingerprint density at radius 3 is 2.73 bits per heavy atom. The van der Waals surface area contributed by atoms with Gasteiger partial charge in [-0.3, -0.25) is 0 Å². The van der Waals surface area contributed by atoms with Gasteiger partial charge in [-0.2, -0.15) is 0 Å². The molecule has 0 amide bonds. The number of carbonyl (C=O) groups is 1. The first-order chi connectivity index (χ1) is 7.04. The van der Waals surface area contributed by atoms with E-state index in [1.54, 1.807) is 6.08 Å². The molecule has 0 aromatic rings. The van der Waals surface area contributed by atoms with Gasteiger partial charge in [0.1, 0.15) is 0 Å². The standard InChI is InChI=1S/C13H20O2/c1-9(2)11-6-5-10(3)12(7-11)8-13(14)15-4/h8,10-11H,1,5-7H2,2-4H3/b12-8-/t10-,11-/m1/s1. The summed E-state index contributed by atoms with van der Waals surface area (Å²) in [6, 6.07) is 0. The van der Waals surface area contributed by atoms with Gasteiger partial charge in [0, 0.05) is 6.08 Å². The number of hydrogen-bond donors (Lipinski definition) is 0. The van der Waals surface area contributed by atoms with E-state index < -0.39 is 0 Å². The van der Waals surface area contributed by atoms with Gasteiger partial charge in [-0.1, -0.05) is 24.6 Å². The van der Waals surface area contributed by atoms with Crippen molar-refractivity contribution in [3.8, 4) is 0 Å². The molecule has 1 aliphatic carbocycles. The molecule has 0 N–H and O–H groups in total. The van der Waals surface area contributed by atoms with Crippen molar-refractivity contribution in [2.24, 2.45) is 11.8 Å². The molecule has 15 heavy (non-hydrogen) atoms. The Kier molecular flexibility index (Phi) is 4.13. The summed E-state index contributed by atoms with van der Waals surface area (Å²) in [7, 11) is 1.42. The van der Waals surface area contributed by atoms with Gasteiger partial charge in [0.05, 0.1) is 7.11 Å². The molecule has 2 nitrogen and oxygen atoms in total. The average Bonchev–Trinajstić information content (AvgIpc) is 2.20. The molecule has 0 aliphatic heterocycles. The van der Waals surface area contributed by atoms with Gasteiger partial charge in [0.15, 0.2) is 0 Å². The summed E-state index contributed by atoms with van der Waals surface area (Å²) in [4.78, 5) is 11.2. The molecule has 0 heterocycles. The first-order valence-electron chi connectivity index (χ1n) is 5.48. The zero-order chi connectivity index (χ0) is 11.4. The second-order valence-electron chi connectivity index (χ2n) is 4.47. The molecule has 0 unspecified atom stereocenters. The van der Waals surface area contributed by atoms with E-state index in [1.165, 1.54) is 24.7 Å². The van der Waals surface area contributed by atoms with Crippen molar-refractivity contribution in [2.75, 3.05) is 7.11 Å². The summed E-state index contributed by atoms with van der Waals surface area (Å²) >= 11 is 0. The lowest BCUT2D eigenvalue weighted by Crippen LogP contribution is -2.17. The maximum Gasteiger partial charge on any atom is 0.330 e. The zero-order valence-electron chi connectivity index (χ0n) is 9.88. The zero-order valence-corrected chi connectivity index (χ0v) is 9.88. The summed E-state index contributed by atoms with van der Waals surface area (Å²) in [5.41, 5.74) is 2.43. The molecule has 0 saturated heterocycles. The molecule has 84 valence electrons. The maximum atomic E-state index is 11.2. The number of allylic oxidation sites excluding steroid dienone is 2. The summed E-state index contributed by atoms with van der Waals surface area (Å²) in [6.07, 6.45) is 4.95. The molecule has 1 fully saturated rings. The Morgan fingerprint density at radius 1 is 1.53 bits per heavy atom. The fraction of sp³-hybridized carbons (Fsp3) is 0.615. The lowest BCUT2D eigenvalue weighted by atomic mass is 9.76. The van der Waals surface area contributed by atoms with Crippen LogP contribution >= 0.6 is 0 Å². The Bertz CT molecular complexity index is 289. The molecule has 1 saturated carbocycles. The van der Waals surface area contributed by atoms with E-state index in [0.717, 1.165) is 12.8 Å². The quantitative estimate of drug-likeness (QED) is 0.396. The van der Waals surface area contributed by atoms with E-state index in [9.17, 15) is 4.79 Å². The molecule has 1 aliphatic rings. The Balaban J connectivity index is 2.73. The van der Waals surface area contributed by atoms with E-state index in [-0.39, 0.29) is 5.97 Å². The summed E-state index contributed by atoms with van der Waals surface area (Å²) in [5, 5.41) is 0. The van der Waals surface area contributed by atoms with Crippen LogP contribution in [0, 0.1) is 11.8 Å². The first-order valence-corrected chi connectivity index (χ1v) is 5.48. The van der Waals surface area contributed by atoms with Crippen molar-refractivity contribution in [3.05, 3.63) is 23.8 Å². The smallest absolute Gasteiger partial charge is 0.330 e. The number of esters is 1. The minimum atomic E-state index is -0.237. The van der Waals surface area contributed by atoms with E-state index in [4.69, 9.17) is 0 Å². The lowest BCUT2D eigenvalue weighted by molar-refractivity contribution is -0.134. The van der Waals surface area contributed by atoms with Crippen molar-refractivity contribution >= 4 is 5.97 Å². The van der Waals surface area contributed by atoms with Gasteiger partial charge in [-0.15, -0.1) is 0 Å². The second-order valence-corrected chi connectivity index (χ2v) is 4.47. The molecular weight excluding hydrogens is 188 g/mol. The Labute approximate surface area is 92.0 Å². The minimum absolute atomic E-state index is 0.237.